The zero-order valence-corrected chi connectivity index (χ0v) is 15.8. The molecule has 0 spiro atoms. The van der Waals surface area contributed by atoms with Gasteiger partial charge in [-0.05, 0) is 24.3 Å². The molecule has 0 saturated carbocycles. The Morgan fingerprint density at radius 1 is 1.17 bits per heavy atom. The number of ether oxygens (including phenoxy) is 3. The molecule has 11 heteroatoms. The van der Waals surface area contributed by atoms with E-state index in [9.17, 15) is 22.8 Å². The maximum Gasteiger partial charge on any atom is 0.422 e. The molecule has 0 aromatic heterocycles. The molecule has 7 nitrogen and oxygen atoms in total. The summed E-state index contributed by atoms with van der Waals surface area (Å²) < 4.78 is 51.7. The predicted octanol–water partition coefficient (Wildman–Crippen LogP) is 3.41. The number of anilines is 1. The average Bonchev–Trinajstić information content (AvgIpc) is 2.64. The maximum absolute atomic E-state index is 12.5. The van der Waals surface area contributed by atoms with Gasteiger partial charge in [-0.1, -0.05) is 17.7 Å². The lowest BCUT2D eigenvalue weighted by atomic mass is 10.1. The van der Waals surface area contributed by atoms with Gasteiger partial charge in [-0.25, -0.2) is 0 Å². The van der Waals surface area contributed by atoms with Crippen LogP contribution in [0, 0.1) is 0 Å². The molecule has 0 atom stereocenters. The zero-order valence-electron chi connectivity index (χ0n) is 15.0. The van der Waals surface area contributed by atoms with E-state index in [0.717, 1.165) is 0 Å². The summed E-state index contributed by atoms with van der Waals surface area (Å²) in [4.78, 5) is 23.3. The molecule has 0 fully saturated rings. The Balaban J connectivity index is 2.16. The summed E-state index contributed by atoms with van der Waals surface area (Å²) in [6, 6.07) is 8.07. The molecule has 0 aliphatic rings. The van der Waals surface area contributed by atoms with Gasteiger partial charge < -0.3 is 25.3 Å². The van der Waals surface area contributed by atoms with Crippen LogP contribution < -0.4 is 25.3 Å². The summed E-state index contributed by atoms with van der Waals surface area (Å²) in [6.45, 7) is -1.89. The van der Waals surface area contributed by atoms with Crippen LogP contribution in [0.15, 0.2) is 36.4 Å². The van der Waals surface area contributed by atoms with Crippen molar-refractivity contribution in [3.05, 3.63) is 47.0 Å². The fourth-order valence-electron chi connectivity index (χ4n) is 2.17. The van der Waals surface area contributed by atoms with Gasteiger partial charge in [-0.3, -0.25) is 9.59 Å². The van der Waals surface area contributed by atoms with Gasteiger partial charge in [0, 0.05) is 17.3 Å². The number of carbonyl (C=O) groups excluding carboxylic acids is 2. The van der Waals surface area contributed by atoms with E-state index in [0.29, 0.717) is 0 Å². The Bertz CT molecular complexity index is 906. The molecular weight excluding hydrogens is 417 g/mol. The van der Waals surface area contributed by atoms with Crippen molar-refractivity contribution in [2.45, 2.75) is 6.18 Å². The lowest BCUT2D eigenvalue weighted by Crippen LogP contribution is -2.20. The SMILES string of the molecule is COc1cc(C(=O)Nc2cccc(OCC(F)(F)F)c2)cc(Cl)c1OCC(N)=O. The Kier molecular flexibility index (Phi) is 7.16. The molecule has 29 heavy (non-hydrogen) atoms. The number of hydrogen-bond donors (Lipinski definition) is 2. The molecule has 2 amide bonds. The van der Waals surface area contributed by atoms with Gasteiger partial charge >= 0.3 is 6.18 Å². The van der Waals surface area contributed by atoms with Gasteiger partial charge in [0.15, 0.2) is 24.7 Å². The number of halogens is 4. The van der Waals surface area contributed by atoms with Crippen LogP contribution in [0.25, 0.3) is 0 Å². The lowest BCUT2D eigenvalue weighted by molar-refractivity contribution is -0.153. The van der Waals surface area contributed by atoms with Crippen LogP contribution >= 0.6 is 11.6 Å². The minimum absolute atomic E-state index is 0.00184. The van der Waals surface area contributed by atoms with Gasteiger partial charge in [0.05, 0.1) is 12.1 Å². The number of amides is 2. The second kappa shape index (κ2) is 9.37. The fourth-order valence-corrected chi connectivity index (χ4v) is 2.43. The first-order chi connectivity index (χ1) is 13.6. The van der Waals surface area contributed by atoms with Gasteiger partial charge in [0.25, 0.3) is 11.8 Å². The van der Waals surface area contributed by atoms with Crippen molar-refractivity contribution in [2.24, 2.45) is 5.73 Å². The molecule has 0 aliphatic carbocycles. The van der Waals surface area contributed by atoms with E-state index in [-0.39, 0.29) is 33.5 Å². The zero-order chi connectivity index (χ0) is 21.6. The molecule has 2 aromatic rings. The van der Waals surface area contributed by atoms with Gasteiger partial charge in [-0.15, -0.1) is 0 Å². The van der Waals surface area contributed by atoms with Crippen LogP contribution in [0.4, 0.5) is 18.9 Å². The molecule has 3 N–H and O–H groups in total. The highest BCUT2D eigenvalue weighted by Crippen LogP contribution is 2.36. The van der Waals surface area contributed by atoms with Gasteiger partial charge in [-0.2, -0.15) is 13.2 Å². The highest BCUT2D eigenvalue weighted by atomic mass is 35.5. The minimum atomic E-state index is -4.48. The third-order valence-corrected chi connectivity index (χ3v) is 3.63. The van der Waals surface area contributed by atoms with Crippen LogP contribution in [0.3, 0.4) is 0 Å². The van der Waals surface area contributed by atoms with Gasteiger partial charge in [0.2, 0.25) is 0 Å². The van der Waals surface area contributed by atoms with Gasteiger partial charge in [0.1, 0.15) is 5.75 Å². The Labute approximate surface area is 168 Å². The summed E-state index contributed by atoms with van der Waals surface area (Å²) in [5.41, 5.74) is 5.31. The summed E-state index contributed by atoms with van der Waals surface area (Å²) in [5, 5.41) is 2.51. The van der Waals surface area contributed by atoms with Crippen molar-refractivity contribution in [3.8, 4) is 17.2 Å². The number of carbonyl (C=O) groups is 2. The highest BCUT2D eigenvalue weighted by molar-refractivity contribution is 6.32. The summed E-state index contributed by atoms with van der Waals surface area (Å²) in [5.74, 6) is -1.28. The predicted molar refractivity (Wildman–Crippen MR) is 98.6 cm³/mol. The van der Waals surface area contributed by atoms with E-state index >= 15 is 0 Å². The highest BCUT2D eigenvalue weighted by Gasteiger charge is 2.28. The van der Waals surface area contributed by atoms with Crippen LogP contribution in [0.1, 0.15) is 10.4 Å². The summed E-state index contributed by atoms with van der Waals surface area (Å²) in [7, 11) is 1.31. The van der Waals surface area contributed by atoms with Crippen LogP contribution in [0.2, 0.25) is 5.02 Å². The van der Waals surface area contributed by atoms with Crippen molar-refractivity contribution in [3.63, 3.8) is 0 Å². The fraction of sp³-hybridized carbons (Fsp3) is 0.222. The van der Waals surface area contributed by atoms with E-state index < -0.39 is 31.2 Å². The summed E-state index contributed by atoms with van der Waals surface area (Å²) >= 11 is 6.09. The number of primary amides is 1. The number of alkyl halides is 3. The molecule has 0 heterocycles. The second-order valence-corrected chi connectivity index (χ2v) is 6.04. The Morgan fingerprint density at radius 2 is 1.90 bits per heavy atom. The number of rotatable bonds is 8. The maximum atomic E-state index is 12.5. The monoisotopic (exact) mass is 432 g/mol. The van der Waals surface area contributed by atoms with E-state index in [1.807, 2.05) is 0 Å². The third kappa shape index (κ3) is 6.75. The molecule has 0 radical (unpaired) electrons. The van der Waals surface area contributed by atoms with Crippen LogP contribution in [-0.4, -0.2) is 38.3 Å². The first-order valence-corrected chi connectivity index (χ1v) is 8.36. The van der Waals surface area contributed by atoms with Crippen molar-refractivity contribution < 1.29 is 37.0 Å². The van der Waals surface area contributed by atoms with Crippen molar-refractivity contribution >= 4 is 29.1 Å². The van der Waals surface area contributed by atoms with Crippen molar-refractivity contribution in [1.82, 2.24) is 0 Å². The second-order valence-electron chi connectivity index (χ2n) is 5.63. The number of methoxy groups -OCH3 is 1. The molecule has 2 rings (SSSR count). The van der Waals surface area contributed by atoms with Crippen LogP contribution in [-0.2, 0) is 4.79 Å². The largest absolute Gasteiger partial charge is 0.493 e. The lowest BCUT2D eigenvalue weighted by Gasteiger charge is -2.14. The van der Waals surface area contributed by atoms with E-state index in [1.165, 1.54) is 43.5 Å². The third-order valence-electron chi connectivity index (χ3n) is 3.34. The molecule has 0 aliphatic heterocycles. The van der Waals surface area contributed by atoms with Crippen LogP contribution in [0.5, 0.6) is 17.2 Å². The topological polar surface area (TPSA) is 99.9 Å². The quantitative estimate of drug-likeness (QED) is 0.666. The first-order valence-electron chi connectivity index (χ1n) is 7.98. The number of benzene rings is 2. The summed E-state index contributed by atoms with van der Waals surface area (Å²) in [6.07, 6.45) is -4.48. The standard InChI is InChI=1S/C18H16ClF3N2O5/c1-27-14-6-10(5-13(19)16(14)28-8-15(23)25)17(26)24-11-3-2-4-12(7-11)29-9-18(20,21)22/h2-7H,8-9H2,1H3,(H2,23,25)(H,24,26). The number of nitrogens with one attached hydrogen (secondary N) is 1. The normalized spacial score (nSPS) is 10.9. The smallest absolute Gasteiger partial charge is 0.422 e. The Hall–Kier alpha value is -3.14. The first kappa shape index (κ1) is 22.2. The van der Waals surface area contributed by atoms with E-state index in [4.69, 9.17) is 26.8 Å². The van der Waals surface area contributed by atoms with Crippen molar-refractivity contribution in [2.75, 3.05) is 25.6 Å². The Morgan fingerprint density at radius 3 is 2.52 bits per heavy atom. The van der Waals surface area contributed by atoms with E-state index in [2.05, 4.69) is 10.1 Å². The molecule has 2 aromatic carbocycles. The van der Waals surface area contributed by atoms with E-state index in [1.54, 1.807) is 0 Å². The van der Waals surface area contributed by atoms with Crippen molar-refractivity contribution in [1.29, 1.82) is 0 Å². The average molecular weight is 433 g/mol. The molecule has 0 bridgehead atoms. The minimum Gasteiger partial charge on any atom is -0.493 e. The molecule has 0 unspecified atom stereocenters. The number of nitrogens with two attached hydrogens (primary N) is 1. The molecular formula is C18H16ClF3N2O5. The molecule has 0 saturated heterocycles. The number of hydrogen-bond acceptors (Lipinski definition) is 5. The molecule has 156 valence electrons.